The summed E-state index contributed by atoms with van der Waals surface area (Å²) in [6.07, 6.45) is 2.22. The normalized spacial score (nSPS) is 14.3. The van der Waals surface area contributed by atoms with Gasteiger partial charge in [0.1, 0.15) is 34.6 Å². The number of aromatic nitrogens is 4. The summed E-state index contributed by atoms with van der Waals surface area (Å²) < 4.78 is 40.9. The van der Waals surface area contributed by atoms with E-state index in [4.69, 9.17) is 0 Å². The Morgan fingerprint density at radius 1 is 1.10 bits per heavy atom. The fourth-order valence-electron chi connectivity index (χ4n) is 6.36. The summed E-state index contributed by atoms with van der Waals surface area (Å²) in [5.74, 6) is 1.32. The van der Waals surface area contributed by atoms with Crippen molar-refractivity contribution in [3.05, 3.63) is 101 Å². The molecule has 1 aromatic carbocycles. The molecule has 0 spiro atoms. The molecule has 1 fully saturated rings. The molecule has 0 amide bonds. The van der Waals surface area contributed by atoms with Gasteiger partial charge in [-0.25, -0.2) is 15.0 Å². The van der Waals surface area contributed by atoms with Crippen LogP contribution in [0.2, 0.25) is 0 Å². The van der Waals surface area contributed by atoms with Crippen LogP contribution in [0.4, 0.5) is 24.8 Å². The number of thiophene rings is 1. The van der Waals surface area contributed by atoms with Crippen molar-refractivity contribution in [3.8, 4) is 6.07 Å². The lowest BCUT2D eigenvalue weighted by molar-refractivity contribution is -0.126. The number of anilines is 2. The Hall–Kier alpha value is -4.73. The number of nitriles is 1. The number of piperidine rings is 1. The maximum Gasteiger partial charge on any atom is 0.393 e. The Bertz CT molecular complexity index is 2030. The van der Waals surface area contributed by atoms with Gasteiger partial charge in [0.05, 0.1) is 11.8 Å². The van der Waals surface area contributed by atoms with Crippen molar-refractivity contribution in [2.24, 2.45) is 0 Å². The molecule has 1 saturated heterocycles. The molecule has 48 heavy (non-hydrogen) atoms. The number of nitrogens with one attached hydrogen (secondary N) is 2. The van der Waals surface area contributed by atoms with E-state index >= 15 is 0 Å². The summed E-state index contributed by atoms with van der Waals surface area (Å²) in [6, 6.07) is 12.4. The van der Waals surface area contributed by atoms with E-state index in [1.54, 1.807) is 12.1 Å². The number of halogens is 3. The maximum absolute atomic E-state index is 12.9. The van der Waals surface area contributed by atoms with Crippen LogP contribution in [0.25, 0.3) is 21.1 Å². The lowest BCUT2D eigenvalue weighted by atomic mass is 10.0. The topological polar surface area (TPSA) is 94.7 Å². The number of nitrogens with zero attached hydrogens (tertiary/aromatic N) is 6. The maximum atomic E-state index is 12.9. The molecule has 0 bridgehead atoms. The van der Waals surface area contributed by atoms with E-state index in [0.29, 0.717) is 34.0 Å². The Balaban J connectivity index is 1.09. The highest BCUT2D eigenvalue weighted by molar-refractivity contribution is 7.18. The number of hydrogen-bond acceptors (Lipinski definition) is 8. The van der Waals surface area contributed by atoms with Crippen LogP contribution in [-0.4, -0.2) is 49.7 Å². The SMILES string of the molecule is C=CC(=C)Nc1cc(C)c(CCn2c(C#N)cc3c(C)c(CN4CCC(Nc5ncnc6sc(CC(F)(F)F)cc56)CC4)ccc32)cn1. The van der Waals surface area contributed by atoms with E-state index in [1.807, 2.05) is 18.3 Å². The van der Waals surface area contributed by atoms with Crippen molar-refractivity contribution in [3.63, 3.8) is 0 Å². The summed E-state index contributed by atoms with van der Waals surface area (Å²) in [6.45, 7) is 15.0. The van der Waals surface area contributed by atoms with Gasteiger partial charge in [-0.2, -0.15) is 18.4 Å². The molecule has 0 atom stereocenters. The minimum Gasteiger partial charge on any atom is -0.367 e. The summed E-state index contributed by atoms with van der Waals surface area (Å²) >= 11 is 1.06. The summed E-state index contributed by atoms with van der Waals surface area (Å²) in [4.78, 5) is 16.3. The van der Waals surface area contributed by atoms with E-state index in [1.165, 1.54) is 17.5 Å². The molecule has 0 saturated carbocycles. The third kappa shape index (κ3) is 7.37. The van der Waals surface area contributed by atoms with E-state index in [2.05, 4.69) is 80.3 Å². The number of hydrogen-bond donors (Lipinski definition) is 2. The summed E-state index contributed by atoms with van der Waals surface area (Å²) in [5, 5.41) is 18.3. The number of alkyl halides is 3. The fraction of sp³-hybridized carbons (Fsp3) is 0.333. The van der Waals surface area contributed by atoms with Crippen LogP contribution < -0.4 is 10.6 Å². The molecule has 4 aromatic heterocycles. The number of fused-ring (bicyclic) bond motifs is 2. The predicted octanol–water partition coefficient (Wildman–Crippen LogP) is 8.07. The minimum atomic E-state index is -4.26. The highest BCUT2D eigenvalue weighted by Crippen LogP contribution is 2.33. The van der Waals surface area contributed by atoms with Crippen LogP contribution in [0.5, 0.6) is 0 Å². The molecule has 6 rings (SSSR count). The van der Waals surface area contributed by atoms with E-state index < -0.39 is 12.6 Å². The van der Waals surface area contributed by atoms with Crippen LogP contribution in [0.15, 0.2) is 67.8 Å². The van der Waals surface area contributed by atoms with Crippen molar-refractivity contribution in [2.45, 2.75) is 64.8 Å². The number of likely N-dealkylation sites (tertiary alicyclic amines) is 1. The molecule has 0 radical (unpaired) electrons. The van der Waals surface area contributed by atoms with Crippen LogP contribution in [-0.2, 0) is 25.9 Å². The second-order valence-electron chi connectivity index (χ2n) is 12.3. The van der Waals surface area contributed by atoms with Gasteiger partial charge in [-0.1, -0.05) is 19.2 Å². The van der Waals surface area contributed by atoms with Crippen molar-refractivity contribution < 1.29 is 13.2 Å². The number of aryl methyl sites for hydroxylation is 4. The molecule has 0 unspecified atom stereocenters. The van der Waals surface area contributed by atoms with Crippen LogP contribution in [0.1, 0.15) is 45.7 Å². The van der Waals surface area contributed by atoms with E-state index in [-0.39, 0.29) is 10.9 Å². The number of pyridine rings is 1. The second-order valence-corrected chi connectivity index (χ2v) is 13.4. The van der Waals surface area contributed by atoms with Gasteiger partial charge in [0.2, 0.25) is 0 Å². The molecule has 1 aliphatic rings. The van der Waals surface area contributed by atoms with Crippen molar-refractivity contribution in [1.82, 2.24) is 24.4 Å². The average molecular weight is 671 g/mol. The van der Waals surface area contributed by atoms with Gasteiger partial charge >= 0.3 is 6.18 Å². The third-order valence-electron chi connectivity index (χ3n) is 9.02. The van der Waals surface area contributed by atoms with Crippen LogP contribution in [0, 0.1) is 25.2 Å². The molecular formula is C36H37F3N8S. The van der Waals surface area contributed by atoms with Gasteiger partial charge in [-0.05, 0) is 85.7 Å². The molecule has 2 N–H and O–H groups in total. The first-order chi connectivity index (χ1) is 23.0. The lowest BCUT2D eigenvalue weighted by Gasteiger charge is -2.33. The molecule has 5 aromatic rings. The molecular weight excluding hydrogens is 634 g/mol. The Kier molecular flexibility index (Phi) is 9.53. The number of rotatable bonds is 11. The standard InChI is InChI=1S/C36H37F3N8S/c1-5-23(3)44-33-14-22(2)25(19-41-33)8-13-47-28(18-40)15-30-24(4)26(6-7-32(30)47)20-46-11-9-27(10-12-46)45-34-31-16-29(17-36(37,38)39)48-35(31)43-21-42-34/h5-7,14-16,19,21,27H,1,3,8-13,17,20H2,2,4H3,(H,41,44)(H,42,43,45). The highest BCUT2D eigenvalue weighted by Gasteiger charge is 2.29. The van der Waals surface area contributed by atoms with Gasteiger partial charge in [-0.15, -0.1) is 11.3 Å². The van der Waals surface area contributed by atoms with Gasteiger partial charge < -0.3 is 15.2 Å². The molecule has 12 heteroatoms. The number of allylic oxidation sites excluding steroid dienone is 1. The lowest BCUT2D eigenvalue weighted by Crippen LogP contribution is -2.39. The second kappa shape index (κ2) is 13.8. The molecule has 248 valence electrons. The summed E-state index contributed by atoms with van der Waals surface area (Å²) in [5.41, 5.74) is 7.01. The zero-order valence-corrected chi connectivity index (χ0v) is 27.8. The molecule has 5 heterocycles. The monoisotopic (exact) mass is 670 g/mol. The smallest absolute Gasteiger partial charge is 0.367 e. The number of benzene rings is 1. The van der Waals surface area contributed by atoms with Crippen molar-refractivity contribution >= 4 is 44.1 Å². The molecule has 1 aliphatic heterocycles. The quantitative estimate of drug-likeness (QED) is 0.137. The Morgan fingerprint density at radius 3 is 2.60 bits per heavy atom. The Labute approximate surface area is 281 Å². The van der Waals surface area contributed by atoms with Crippen LogP contribution >= 0.6 is 11.3 Å². The van der Waals surface area contributed by atoms with Gasteiger partial charge in [-0.3, -0.25) is 4.90 Å². The molecule has 8 nitrogen and oxygen atoms in total. The van der Waals surface area contributed by atoms with Gasteiger partial charge in [0.15, 0.2) is 0 Å². The Morgan fingerprint density at radius 2 is 1.90 bits per heavy atom. The first-order valence-corrected chi connectivity index (χ1v) is 16.7. The zero-order chi connectivity index (χ0) is 34.0. The first-order valence-electron chi connectivity index (χ1n) is 15.9. The largest absolute Gasteiger partial charge is 0.393 e. The van der Waals surface area contributed by atoms with Crippen LogP contribution in [0.3, 0.4) is 0 Å². The minimum absolute atomic E-state index is 0.166. The highest BCUT2D eigenvalue weighted by atomic mass is 32.1. The predicted molar refractivity (Wildman–Crippen MR) is 186 cm³/mol. The summed E-state index contributed by atoms with van der Waals surface area (Å²) in [7, 11) is 0. The fourth-order valence-corrected chi connectivity index (χ4v) is 7.39. The van der Waals surface area contributed by atoms with E-state index in [0.717, 1.165) is 78.1 Å². The average Bonchev–Trinajstić information content (AvgIpc) is 3.63. The third-order valence-corrected chi connectivity index (χ3v) is 10.1. The first kappa shape index (κ1) is 33.2. The van der Waals surface area contributed by atoms with E-state index in [9.17, 15) is 18.4 Å². The van der Waals surface area contributed by atoms with Gasteiger partial charge in [0, 0.05) is 59.9 Å². The van der Waals surface area contributed by atoms with Gasteiger partial charge in [0.25, 0.3) is 0 Å². The van der Waals surface area contributed by atoms with Crippen molar-refractivity contribution in [2.75, 3.05) is 23.7 Å². The molecule has 0 aliphatic carbocycles. The zero-order valence-electron chi connectivity index (χ0n) is 27.0. The van der Waals surface area contributed by atoms with Crippen molar-refractivity contribution in [1.29, 1.82) is 5.26 Å².